The molecule has 0 saturated heterocycles. The van der Waals surface area contributed by atoms with Crippen molar-refractivity contribution in [3.05, 3.63) is 149 Å². The zero-order valence-corrected chi connectivity index (χ0v) is 25.1. The highest BCUT2D eigenvalue weighted by molar-refractivity contribution is 5.73. The van der Waals surface area contributed by atoms with Crippen molar-refractivity contribution in [2.75, 3.05) is 0 Å². The van der Waals surface area contributed by atoms with Crippen molar-refractivity contribution in [1.29, 1.82) is 5.26 Å². The molecule has 6 nitrogen and oxygen atoms in total. The molecule has 4 aromatic carbocycles. The van der Waals surface area contributed by atoms with Crippen molar-refractivity contribution in [3.63, 3.8) is 0 Å². The maximum atomic E-state index is 10.1. The number of benzene rings is 4. The van der Waals surface area contributed by atoms with E-state index in [4.69, 9.17) is 16.8 Å². The highest BCUT2D eigenvalue weighted by Gasteiger charge is 2.36. The third-order valence-corrected chi connectivity index (χ3v) is 8.83. The van der Waals surface area contributed by atoms with Gasteiger partial charge in [-0.2, -0.15) is 15.5 Å². The van der Waals surface area contributed by atoms with E-state index in [0.717, 1.165) is 56.1 Å². The summed E-state index contributed by atoms with van der Waals surface area (Å²) < 4.78 is 3.79. The predicted molar refractivity (Wildman–Crippen MR) is 173 cm³/mol. The van der Waals surface area contributed by atoms with Crippen molar-refractivity contribution >= 4 is 5.69 Å². The minimum absolute atomic E-state index is 0.531. The molecule has 7 rings (SSSR count). The van der Waals surface area contributed by atoms with Crippen LogP contribution in [0.4, 0.5) is 5.69 Å². The highest BCUT2D eigenvalue weighted by atomic mass is 15.3. The summed E-state index contributed by atoms with van der Waals surface area (Å²) in [4.78, 5) is 3.84. The molecule has 1 aliphatic heterocycles. The van der Waals surface area contributed by atoms with Crippen LogP contribution in [0, 0.1) is 17.9 Å². The first-order valence-electron chi connectivity index (χ1n) is 14.6. The summed E-state index contributed by atoms with van der Waals surface area (Å²) >= 11 is 0. The molecule has 0 spiro atoms. The van der Waals surface area contributed by atoms with Crippen molar-refractivity contribution in [1.82, 2.24) is 19.6 Å². The van der Waals surface area contributed by atoms with Crippen LogP contribution in [0.15, 0.2) is 109 Å². The SMILES string of the molecule is [C-]#[N+]c1cc2cc(c1)C(C)(C)c1cc(C#N)cc(c1)-n1cc(-c3ccccc3)c(n1)C(C)(C)c1nn-2cc1-c1ccccc1. The Bertz CT molecular complexity index is 1980. The maximum Gasteiger partial charge on any atom is 0.189 e. The number of nitrogens with zero attached hydrogens (tertiary/aromatic N) is 6. The van der Waals surface area contributed by atoms with E-state index >= 15 is 0 Å². The van der Waals surface area contributed by atoms with Gasteiger partial charge in [-0.15, -0.1) is 0 Å². The van der Waals surface area contributed by atoms with Crippen LogP contribution < -0.4 is 0 Å². The maximum absolute atomic E-state index is 10.1. The van der Waals surface area contributed by atoms with Gasteiger partial charge in [-0.25, -0.2) is 14.2 Å². The van der Waals surface area contributed by atoms with E-state index in [-0.39, 0.29) is 0 Å². The molecular weight excluding hydrogens is 540 g/mol. The fourth-order valence-electron chi connectivity index (χ4n) is 6.19. The lowest BCUT2D eigenvalue weighted by atomic mass is 9.77. The third kappa shape index (κ3) is 4.32. The van der Waals surface area contributed by atoms with E-state index in [0.29, 0.717) is 11.3 Å². The molecule has 3 heterocycles. The summed E-state index contributed by atoms with van der Waals surface area (Å²) in [5.74, 6) is 0. The first-order chi connectivity index (χ1) is 21.2. The molecule has 0 saturated carbocycles. The predicted octanol–water partition coefficient (Wildman–Crippen LogP) is 8.78. The van der Waals surface area contributed by atoms with Gasteiger partial charge in [0.25, 0.3) is 0 Å². The van der Waals surface area contributed by atoms with Gasteiger partial charge in [0.2, 0.25) is 0 Å². The van der Waals surface area contributed by atoms with Crippen LogP contribution in [0.5, 0.6) is 0 Å². The minimum atomic E-state index is -0.633. The first kappa shape index (κ1) is 27.1. The van der Waals surface area contributed by atoms with E-state index in [1.807, 2.05) is 70.0 Å². The molecule has 1 aliphatic rings. The minimum Gasteiger partial charge on any atom is -0.241 e. The standard InChI is InChI=1S/C38H30N6/c1-37(2)28-16-25(22-39)17-31(19-28)43-23-33(26-12-8-6-9-13-26)35(41-43)38(3,4)36-34(27-14-10-7-11-15-27)24-44(42-36)32-20-29(37)18-30(21-32)40-5/h6-21,23-24H,1-4H3. The Morgan fingerprint density at radius 2 is 1.16 bits per heavy atom. The number of hydrogen-bond donors (Lipinski definition) is 0. The molecule has 44 heavy (non-hydrogen) atoms. The summed E-state index contributed by atoms with van der Waals surface area (Å²) in [5.41, 5.74) is 9.32. The fraction of sp³-hybridized carbons (Fsp3) is 0.158. The fourth-order valence-corrected chi connectivity index (χ4v) is 6.19. The molecule has 6 heteroatoms. The van der Waals surface area contributed by atoms with Crippen molar-refractivity contribution in [2.24, 2.45) is 0 Å². The Morgan fingerprint density at radius 3 is 1.66 bits per heavy atom. The second-order valence-corrected chi connectivity index (χ2v) is 12.4. The second-order valence-electron chi connectivity index (χ2n) is 12.4. The summed E-state index contributed by atoms with van der Waals surface area (Å²) in [5, 5.41) is 20.6. The van der Waals surface area contributed by atoms with Crippen LogP contribution in [-0.4, -0.2) is 19.6 Å². The van der Waals surface area contributed by atoms with Gasteiger partial charge in [0.1, 0.15) is 0 Å². The second kappa shape index (κ2) is 9.93. The third-order valence-electron chi connectivity index (χ3n) is 8.83. The summed E-state index contributed by atoms with van der Waals surface area (Å²) in [6.45, 7) is 16.5. The largest absolute Gasteiger partial charge is 0.241 e. The van der Waals surface area contributed by atoms with E-state index in [9.17, 15) is 5.26 Å². The van der Waals surface area contributed by atoms with Crippen LogP contribution in [0.3, 0.4) is 0 Å². The molecule has 0 aliphatic carbocycles. The van der Waals surface area contributed by atoms with Crippen LogP contribution in [0.1, 0.15) is 55.8 Å². The Kier molecular flexibility index (Phi) is 6.13. The lowest BCUT2D eigenvalue weighted by Gasteiger charge is -2.28. The zero-order valence-electron chi connectivity index (χ0n) is 25.1. The Hall–Kier alpha value is -5.72. The van der Waals surface area contributed by atoms with Crippen molar-refractivity contribution < 1.29 is 0 Å². The van der Waals surface area contributed by atoms with Crippen LogP contribution in [0.25, 0.3) is 38.5 Å². The van der Waals surface area contributed by atoms with Crippen LogP contribution in [0.2, 0.25) is 0 Å². The van der Waals surface area contributed by atoms with E-state index in [2.05, 4.69) is 87.4 Å². The summed E-state index contributed by atoms with van der Waals surface area (Å²) in [7, 11) is 0. The number of aromatic nitrogens is 4. The monoisotopic (exact) mass is 570 g/mol. The molecule has 2 aromatic heterocycles. The van der Waals surface area contributed by atoms with E-state index in [1.165, 1.54) is 0 Å². The molecule has 212 valence electrons. The number of nitriles is 1. The van der Waals surface area contributed by atoms with E-state index in [1.54, 1.807) is 0 Å². The Balaban J connectivity index is 1.62. The molecular formula is C38H30N6. The van der Waals surface area contributed by atoms with Gasteiger partial charge in [-0.3, -0.25) is 0 Å². The van der Waals surface area contributed by atoms with Gasteiger partial charge in [-0.05, 0) is 66.4 Å². The normalized spacial score (nSPS) is 14.2. The van der Waals surface area contributed by atoms with Gasteiger partial charge in [0, 0.05) is 28.9 Å². The topological polar surface area (TPSA) is 63.8 Å². The lowest BCUT2D eigenvalue weighted by molar-refractivity contribution is 0.577. The van der Waals surface area contributed by atoms with Crippen molar-refractivity contribution in [3.8, 4) is 39.7 Å². The quantitative estimate of drug-likeness (QED) is 0.196. The number of hydrogen-bond acceptors (Lipinski definition) is 3. The number of rotatable bonds is 2. The molecule has 8 bridgehead atoms. The molecule has 0 unspecified atom stereocenters. The Labute approximate surface area is 257 Å². The average molecular weight is 571 g/mol. The summed E-state index contributed by atoms with van der Waals surface area (Å²) in [6, 6.07) is 34.8. The highest BCUT2D eigenvalue weighted by Crippen LogP contribution is 2.43. The molecule has 0 amide bonds. The van der Waals surface area contributed by atoms with Gasteiger partial charge < -0.3 is 0 Å². The number of fused-ring (bicyclic) bond motifs is 10. The van der Waals surface area contributed by atoms with E-state index < -0.39 is 10.8 Å². The summed E-state index contributed by atoms with van der Waals surface area (Å²) in [6.07, 6.45) is 4.13. The van der Waals surface area contributed by atoms with Gasteiger partial charge in [-0.1, -0.05) is 80.6 Å². The molecule has 6 aromatic rings. The zero-order chi connectivity index (χ0) is 30.6. The van der Waals surface area contributed by atoms with Crippen molar-refractivity contribution in [2.45, 2.75) is 38.5 Å². The molecule has 0 atom stereocenters. The molecule has 0 N–H and O–H groups in total. The van der Waals surface area contributed by atoms with Gasteiger partial charge >= 0.3 is 0 Å². The Morgan fingerprint density at radius 1 is 0.659 bits per heavy atom. The van der Waals surface area contributed by atoms with Crippen LogP contribution in [-0.2, 0) is 10.8 Å². The molecule has 0 fully saturated rings. The molecule has 0 radical (unpaired) electrons. The first-order valence-corrected chi connectivity index (χ1v) is 14.6. The van der Waals surface area contributed by atoms with Gasteiger partial charge in [0.05, 0.1) is 46.4 Å². The van der Waals surface area contributed by atoms with Crippen LogP contribution >= 0.6 is 0 Å². The van der Waals surface area contributed by atoms with Gasteiger partial charge in [0.15, 0.2) is 5.69 Å². The average Bonchev–Trinajstić information content (AvgIpc) is 3.72. The smallest absolute Gasteiger partial charge is 0.189 e. The lowest BCUT2D eigenvalue weighted by Crippen LogP contribution is -2.23.